The van der Waals surface area contributed by atoms with Crippen LogP contribution in [-0.2, 0) is 16.0 Å². The molecule has 14 heteroatoms. The summed E-state index contributed by atoms with van der Waals surface area (Å²) in [5.41, 5.74) is 8.38. The quantitative estimate of drug-likeness (QED) is 0.0844. The number of aliphatic hydroxyl groups is 3. The fourth-order valence-corrected chi connectivity index (χ4v) is 7.63. The van der Waals surface area contributed by atoms with Crippen LogP contribution in [0.1, 0.15) is 43.4 Å². The average molecular weight is 726 g/mol. The largest absolute Gasteiger partial charge is 0.504 e. The van der Waals surface area contributed by atoms with E-state index in [1.54, 1.807) is 30.3 Å². The first-order chi connectivity index (χ1) is 25.1. The second-order valence-corrected chi connectivity index (χ2v) is 13.4. The van der Waals surface area contributed by atoms with E-state index < -0.39 is 48.8 Å². The molecule has 10 N–H and O–H groups in total. The van der Waals surface area contributed by atoms with Gasteiger partial charge in [0.25, 0.3) is 0 Å². The van der Waals surface area contributed by atoms with Gasteiger partial charge in [0.05, 0.1) is 37.2 Å². The monoisotopic (exact) mass is 725 g/mol. The Kier molecular flexibility index (Phi) is 13.3. The number of aliphatic hydroxyl groups excluding tert-OH is 3. The fraction of sp³-hybridized carbons (Fsp3) is 0.500. The van der Waals surface area contributed by atoms with Crippen LogP contribution in [0.3, 0.4) is 0 Å². The number of aromatic hydroxyl groups is 2. The molecular weight excluding hydrogens is 674 g/mol. The lowest BCUT2D eigenvalue weighted by atomic mass is 9.78. The molecule has 3 aliphatic rings. The first-order valence-electron chi connectivity index (χ1n) is 17.7. The number of benzene rings is 2. The van der Waals surface area contributed by atoms with Crippen molar-refractivity contribution in [1.82, 2.24) is 10.6 Å². The molecule has 2 aromatic carbocycles. The Hall–Kier alpha value is -4.47. The van der Waals surface area contributed by atoms with Crippen LogP contribution in [0.15, 0.2) is 66.0 Å². The van der Waals surface area contributed by atoms with Crippen molar-refractivity contribution in [3.8, 4) is 28.7 Å². The second kappa shape index (κ2) is 17.8. The highest BCUT2D eigenvalue weighted by molar-refractivity contribution is 5.74. The third kappa shape index (κ3) is 8.93. The number of hydrogen-bond donors (Lipinski definition) is 9. The maximum atomic E-state index is 12.4. The Labute approximate surface area is 303 Å². The molecular formula is C38H51N3O11. The molecule has 0 spiro atoms. The van der Waals surface area contributed by atoms with Gasteiger partial charge in [-0.3, -0.25) is 4.79 Å². The minimum atomic E-state index is -0.952. The Morgan fingerprint density at radius 2 is 1.88 bits per heavy atom. The van der Waals surface area contributed by atoms with Gasteiger partial charge in [-0.15, -0.1) is 0 Å². The lowest BCUT2D eigenvalue weighted by Gasteiger charge is -2.40. The minimum Gasteiger partial charge on any atom is -0.504 e. The summed E-state index contributed by atoms with van der Waals surface area (Å²) in [6.45, 7) is 2.25. The summed E-state index contributed by atoms with van der Waals surface area (Å²) < 4.78 is 23.6. The number of phenols is 2. The summed E-state index contributed by atoms with van der Waals surface area (Å²) in [6, 6.07) is 7.70. The summed E-state index contributed by atoms with van der Waals surface area (Å²) in [4.78, 5) is 12.4. The Balaban J connectivity index is 1.39. The first-order valence-corrected chi connectivity index (χ1v) is 17.7. The highest BCUT2D eigenvalue weighted by atomic mass is 16.6. The van der Waals surface area contributed by atoms with Gasteiger partial charge in [0.1, 0.15) is 6.61 Å². The van der Waals surface area contributed by atoms with E-state index in [9.17, 15) is 30.3 Å². The maximum Gasteiger partial charge on any atom is 0.310 e. The number of phenolic OH excluding ortho intramolecular Hbond substituents is 2. The predicted molar refractivity (Wildman–Crippen MR) is 191 cm³/mol. The molecule has 5 rings (SSSR count). The van der Waals surface area contributed by atoms with Crippen molar-refractivity contribution in [3.63, 3.8) is 0 Å². The van der Waals surface area contributed by atoms with Crippen molar-refractivity contribution in [2.75, 3.05) is 40.2 Å². The molecule has 52 heavy (non-hydrogen) atoms. The Bertz CT molecular complexity index is 1630. The molecule has 0 aromatic heterocycles. The molecule has 0 unspecified atom stereocenters. The normalized spacial score (nSPS) is 26.2. The van der Waals surface area contributed by atoms with E-state index >= 15 is 0 Å². The number of methoxy groups -OCH3 is 1. The number of ether oxygens (including phenoxy) is 4. The number of aliphatic carboxylic acids is 1. The van der Waals surface area contributed by atoms with Crippen LogP contribution < -0.4 is 30.6 Å². The van der Waals surface area contributed by atoms with Gasteiger partial charge in [-0.2, -0.15) is 0 Å². The zero-order valence-corrected chi connectivity index (χ0v) is 29.5. The number of carboxylic acids is 1. The fourth-order valence-electron chi connectivity index (χ4n) is 7.63. The Morgan fingerprint density at radius 3 is 2.58 bits per heavy atom. The first kappa shape index (κ1) is 38.8. The number of rotatable bonds is 17. The molecule has 8 atom stereocenters. The molecule has 1 fully saturated rings. The van der Waals surface area contributed by atoms with Gasteiger partial charge in [0.2, 0.25) is 5.75 Å². The summed E-state index contributed by atoms with van der Waals surface area (Å²) in [5, 5.41) is 68.2. The molecule has 0 saturated carbocycles. The van der Waals surface area contributed by atoms with E-state index in [1.807, 2.05) is 25.2 Å². The summed E-state index contributed by atoms with van der Waals surface area (Å²) in [5.74, 6) is -2.33. The van der Waals surface area contributed by atoms with Crippen molar-refractivity contribution >= 4 is 5.97 Å². The zero-order valence-electron chi connectivity index (χ0n) is 29.5. The van der Waals surface area contributed by atoms with Crippen LogP contribution in [0.5, 0.6) is 28.7 Å². The van der Waals surface area contributed by atoms with Crippen LogP contribution in [0.25, 0.3) is 0 Å². The summed E-state index contributed by atoms with van der Waals surface area (Å²) in [6.07, 6.45) is 7.18. The van der Waals surface area contributed by atoms with Crippen LogP contribution in [0.2, 0.25) is 0 Å². The van der Waals surface area contributed by atoms with E-state index in [2.05, 4.69) is 10.6 Å². The van der Waals surface area contributed by atoms with Crippen LogP contribution in [0.4, 0.5) is 0 Å². The van der Waals surface area contributed by atoms with Crippen molar-refractivity contribution in [1.29, 1.82) is 0 Å². The van der Waals surface area contributed by atoms with Gasteiger partial charge in [-0.1, -0.05) is 31.2 Å². The number of nitrogens with two attached hydrogens (primary N) is 1. The van der Waals surface area contributed by atoms with Gasteiger partial charge in [-0.05, 0) is 79.3 Å². The molecule has 2 heterocycles. The van der Waals surface area contributed by atoms with Gasteiger partial charge in [0.15, 0.2) is 29.8 Å². The number of carboxylic acid groups (broad SMARTS) is 1. The number of hydrogen-bond acceptors (Lipinski definition) is 13. The summed E-state index contributed by atoms with van der Waals surface area (Å²) >= 11 is 0. The van der Waals surface area contributed by atoms with Gasteiger partial charge < -0.3 is 66.0 Å². The molecule has 0 radical (unpaired) electrons. The lowest BCUT2D eigenvalue weighted by Crippen LogP contribution is -2.47. The van der Waals surface area contributed by atoms with Gasteiger partial charge in [-0.25, -0.2) is 0 Å². The molecule has 284 valence electrons. The SMILES string of the molecule is CCN[C@H](COc1cc([C@H]2O[C@@H](CCc3ccc(O)c(OCO)c3)C[C@H](O)[C@@H]2CCO)cc(OC)c1O)[C@@H]1[C@@H](C(=O)O)C=C[C@H]1C1=CCNC(N)=C1. The minimum absolute atomic E-state index is 0.0107. The molecule has 1 aliphatic carbocycles. The highest BCUT2D eigenvalue weighted by Gasteiger charge is 2.43. The number of carbonyl (C=O) groups is 1. The molecule has 0 amide bonds. The molecule has 14 nitrogen and oxygen atoms in total. The number of aryl methyl sites for hydroxylation is 1. The molecule has 1 saturated heterocycles. The van der Waals surface area contributed by atoms with Crippen molar-refractivity contribution in [2.45, 2.75) is 57.0 Å². The van der Waals surface area contributed by atoms with Crippen molar-refractivity contribution < 1.29 is 54.4 Å². The molecule has 2 aliphatic heterocycles. The van der Waals surface area contributed by atoms with E-state index in [1.165, 1.54) is 13.2 Å². The Morgan fingerprint density at radius 1 is 1.10 bits per heavy atom. The van der Waals surface area contributed by atoms with Gasteiger partial charge >= 0.3 is 5.97 Å². The smallest absolute Gasteiger partial charge is 0.310 e. The third-order valence-corrected chi connectivity index (χ3v) is 10.1. The number of likely N-dealkylation sites (N-methyl/N-ethyl adjacent to an activating group) is 1. The van der Waals surface area contributed by atoms with Crippen LogP contribution in [0, 0.1) is 23.7 Å². The predicted octanol–water partition coefficient (Wildman–Crippen LogP) is 2.45. The topological polar surface area (TPSA) is 225 Å². The van der Waals surface area contributed by atoms with E-state index in [4.69, 9.17) is 29.8 Å². The maximum absolute atomic E-state index is 12.4. The van der Waals surface area contributed by atoms with Crippen molar-refractivity contribution in [3.05, 3.63) is 77.2 Å². The molecule has 0 bridgehead atoms. The third-order valence-electron chi connectivity index (χ3n) is 10.1. The van der Waals surface area contributed by atoms with E-state index in [0.29, 0.717) is 43.7 Å². The number of allylic oxidation sites excluding steroid dienone is 3. The lowest BCUT2D eigenvalue weighted by molar-refractivity contribution is -0.144. The van der Waals surface area contributed by atoms with Crippen LogP contribution >= 0.6 is 0 Å². The van der Waals surface area contributed by atoms with E-state index in [-0.39, 0.29) is 60.4 Å². The molecule has 2 aromatic rings. The standard InChI is InChI=1S/C38H51N3O11/c1-3-40-28(35-25(7-8-27(35)38(47)48)22-10-12-41-34(39)17-22)19-50-33-16-23(15-32(49-2)36(33)46)37-26(11-13-42)30(45)18-24(52-37)6-4-21-5-9-29(44)31(14-21)51-20-43/h5,7-10,14-17,24-28,30,35,37,40-46H,3-4,6,11-13,18-20,39H2,1-2H3,(H,47,48)/t24-,25-,26-,27-,28+,30-,35-,37+/m0/s1. The zero-order chi connectivity index (χ0) is 37.4. The van der Waals surface area contributed by atoms with Crippen LogP contribution in [-0.4, -0.2) is 95.1 Å². The second-order valence-electron chi connectivity index (χ2n) is 13.4. The number of nitrogens with one attached hydrogen (secondary N) is 2. The summed E-state index contributed by atoms with van der Waals surface area (Å²) in [7, 11) is 1.42. The highest BCUT2D eigenvalue weighted by Crippen LogP contribution is 2.46. The van der Waals surface area contributed by atoms with Gasteiger partial charge in [0, 0.05) is 36.9 Å². The number of dihydropyridines is 1. The van der Waals surface area contributed by atoms with Crippen molar-refractivity contribution in [2.24, 2.45) is 29.4 Å². The van der Waals surface area contributed by atoms with E-state index in [0.717, 1.165) is 11.1 Å². The average Bonchev–Trinajstić information content (AvgIpc) is 3.58.